The number of hydrogen-bond donors (Lipinski definition) is 3. The third-order valence-electron chi connectivity index (χ3n) is 4.60. The van der Waals surface area contributed by atoms with Crippen LogP contribution < -0.4 is 16.0 Å². The number of hydrogen-bond acceptors (Lipinski definition) is 6. The number of rotatable bonds is 13. The first-order chi connectivity index (χ1) is 16.8. The Kier molecular flexibility index (Phi) is 10.2. The van der Waals surface area contributed by atoms with E-state index in [9.17, 15) is 37.5 Å². The molecule has 0 bridgehead atoms. The predicted molar refractivity (Wildman–Crippen MR) is 119 cm³/mol. The Bertz CT molecular complexity index is 1090. The molecule has 2 aromatic carbocycles. The molecule has 0 saturated heterocycles. The Hall–Kier alpha value is -4.48. The summed E-state index contributed by atoms with van der Waals surface area (Å²) in [6.45, 7) is -1.60. The predicted octanol–water partition coefficient (Wildman–Crippen LogP) is 0.217. The van der Waals surface area contributed by atoms with Crippen LogP contribution in [-0.4, -0.2) is 67.3 Å². The van der Waals surface area contributed by atoms with Crippen molar-refractivity contribution in [1.29, 1.82) is 0 Å². The summed E-state index contributed by atoms with van der Waals surface area (Å²) in [4.78, 5) is 71.5. The number of carbonyl (C=O) groups excluding carboxylic acids is 6. The van der Waals surface area contributed by atoms with Gasteiger partial charge >= 0.3 is 0 Å². The molecule has 0 aliphatic rings. The summed E-state index contributed by atoms with van der Waals surface area (Å²) in [6, 6.07) is 7.38. The van der Waals surface area contributed by atoms with Crippen LogP contribution in [-0.2, 0) is 30.4 Å². The first-order valence-corrected chi connectivity index (χ1v) is 10.3. The number of nitrogens with zero attached hydrogens (tertiary/aromatic N) is 1. The minimum absolute atomic E-state index is 0.0160. The van der Waals surface area contributed by atoms with E-state index in [1.165, 1.54) is 18.2 Å². The van der Waals surface area contributed by atoms with Crippen molar-refractivity contribution >= 4 is 42.4 Å². The van der Waals surface area contributed by atoms with E-state index in [0.717, 1.165) is 17.0 Å². The molecule has 0 radical (unpaired) electrons. The zero-order chi connectivity index (χ0) is 25.8. The van der Waals surface area contributed by atoms with Crippen molar-refractivity contribution in [2.45, 2.75) is 12.5 Å². The molecule has 4 amide bonds. The van der Waals surface area contributed by atoms with E-state index in [0.29, 0.717) is 25.0 Å². The Balaban J connectivity index is 2.19. The summed E-state index contributed by atoms with van der Waals surface area (Å²) < 4.78 is 26.8. The fraction of sp³-hybridized carbons (Fsp3) is 0.217. The number of nitrogens with one attached hydrogen (secondary N) is 3. The van der Waals surface area contributed by atoms with Gasteiger partial charge in [0.25, 0.3) is 5.91 Å². The van der Waals surface area contributed by atoms with Gasteiger partial charge in [0, 0.05) is 6.07 Å². The second-order valence-corrected chi connectivity index (χ2v) is 7.23. The fourth-order valence-electron chi connectivity index (χ4n) is 3.16. The van der Waals surface area contributed by atoms with Gasteiger partial charge in [0.05, 0.1) is 23.8 Å². The molecule has 0 aliphatic carbocycles. The third kappa shape index (κ3) is 8.42. The number of amides is 4. The van der Waals surface area contributed by atoms with Gasteiger partial charge in [-0.2, -0.15) is 0 Å². The molecule has 184 valence electrons. The molecule has 1 atom stereocenters. The van der Waals surface area contributed by atoms with E-state index >= 15 is 0 Å². The molecule has 0 aliphatic heterocycles. The molecule has 0 heterocycles. The largest absolute Gasteiger partial charge is 0.348 e. The molecule has 0 saturated carbocycles. The van der Waals surface area contributed by atoms with E-state index in [1.807, 2.05) is 0 Å². The highest BCUT2D eigenvalue weighted by atomic mass is 19.1. The van der Waals surface area contributed by atoms with Gasteiger partial charge < -0.3 is 30.4 Å². The van der Waals surface area contributed by atoms with E-state index in [4.69, 9.17) is 0 Å². The first kappa shape index (κ1) is 26.8. The highest BCUT2D eigenvalue weighted by Crippen LogP contribution is 2.17. The van der Waals surface area contributed by atoms with Gasteiger partial charge in [0.15, 0.2) is 0 Å². The molecule has 0 spiro atoms. The highest BCUT2D eigenvalue weighted by Gasteiger charge is 2.24. The Morgan fingerprint density at radius 1 is 0.943 bits per heavy atom. The Labute approximate surface area is 198 Å². The van der Waals surface area contributed by atoms with Crippen molar-refractivity contribution in [3.8, 4) is 0 Å². The van der Waals surface area contributed by atoms with Gasteiger partial charge in [-0.3, -0.25) is 19.2 Å². The van der Waals surface area contributed by atoms with Gasteiger partial charge in [0.1, 0.15) is 37.3 Å². The normalized spacial score (nSPS) is 11.0. The zero-order valence-corrected chi connectivity index (χ0v) is 18.3. The van der Waals surface area contributed by atoms with Crippen LogP contribution >= 0.6 is 0 Å². The lowest BCUT2D eigenvalue weighted by molar-refractivity contribution is -0.126. The molecule has 35 heavy (non-hydrogen) atoms. The van der Waals surface area contributed by atoms with Gasteiger partial charge in [-0.1, -0.05) is 12.1 Å². The van der Waals surface area contributed by atoms with Crippen molar-refractivity contribution in [2.75, 3.05) is 25.0 Å². The van der Waals surface area contributed by atoms with Crippen LogP contribution in [0.3, 0.4) is 0 Å². The second-order valence-electron chi connectivity index (χ2n) is 7.23. The van der Waals surface area contributed by atoms with E-state index < -0.39 is 48.5 Å². The topological polar surface area (TPSA) is 142 Å². The average molecular weight is 488 g/mol. The Morgan fingerprint density at radius 2 is 1.60 bits per heavy atom. The molecule has 12 heteroatoms. The van der Waals surface area contributed by atoms with Crippen LogP contribution in [0.4, 0.5) is 14.5 Å². The lowest BCUT2D eigenvalue weighted by Crippen LogP contribution is -2.48. The molecule has 2 rings (SSSR count). The van der Waals surface area contributed by atoms with Crippen LogP contribution in [0.25, 0.3) is 0 Å². The maximum absolute atomic E-state index is 13.4. The van der Waals surface area contributed by atoms with Crippen molar-refractivity contribution in [1.82, 2.24) is 15.5 Å². The SMILES string of the molecule is O=CCNC(=O)CN(CC(=O)NC(C=O)Cc1cc(F)cc(F)c1)C(=O)c1ccccc1NC=O. The lowest BCUT2D eigenvalue weighted by Gasteiger charge is -2.23. The summed E-state index contributed by atoms with van der Waals surface area (Å²) in [7, 11) is 0. The van der Waals surface area contributed by atoms with Crippen molar-refractivity contribution in [3.63, 3.8) is 0 Å². The van der Waals surface area contributed by atoms with Gasteiger partial charge in [0.2, 0.25) is 18.2 Å². The summed E-state index contributed by atoms with van der Waals surface area (Å²) >= 11 is 0. The standard InChI is InChI=1S/C23H22F2N4O6/c24-16-7-15(8-17(25)10-16)9-18(13-31)28-22(34)12-29(11-21(33)26-5-6-30)23(35)19-3-1-2-4-20(19)27-14-32/h1-4,6-8,10,13-14,18H,5,9,11-12H2,(H,26,33)(H,27,32)(H,28,34). The summed E-state index contributed by atoms with van der Waals surface area (Å²) in [5.41, 5.74) is 0.234. The number of para-hydroxylation sites is 1. The smallest absolute Gasteiger partial charge is 0.256 e. The summed E-state index contributed by atoms with van der Waals surface area (Å²) in [5.74, 6) is -4.06. The molecule has 0 aromatic heterocycles. The third-order valence-corrected chi connectivity index (χ3v) is 4.60. The summed E-state index contributed by atoms with van der Waals surface area (Å²) in [5, 5.41) is 6.93. The van der Waals surface area contributed by atoms with Crippen LogP contribution in [0.2, 0.25) is 0 Å². The van der Waals surface area contributed by atoms with Gasteiger partial charge in [-0.25, -0.2) is 8.78 Å². The molecule has 2 aromatic rings. The maximum Gasteiger partial charge on any atom is 0.256 e. The van der Waals surface area contributed by atoms with Crippen molar-refractivity contribution in [3.05, 3.63) is 65.2 Å². The number of carbonyl (C=O) groups is 6. The zero-order valence-electron chi connectivity index (χ0n) is 18.3. The lowest BCUT2D eigenvalue weighted by atomic mass is 10.1. The minimum atomic E-state index is -1.17. The van der Waals surface area contributed by atoms with Crippen molar-refractivity contribution < 1.29 is 37.5 Å². The Morgan fingerprint density at radius 3 is 2.23 bits per heavy atom. The molecule has 3 N–H and O–H groups in total. The summed E-state index contributed by atoms with van der Waals surface area (Å²) in [6.07, 6.45) is 0.935. The fourth-order valence-corrected chi connectivity index (χ4v) is 3.16. The number of benzene rings is 2. The average Bonchev–Trinajstić information content (AvgIpc) is 2.81. The molecular formula is C23H22F2N4O6. The van der Waals surface area contributed by atoms with Gasteiger partial charge in [-0.15, -0.1) is 0 Å². The first-order valence-electron chi connectivity index (χ1n) is 10.3. The minimum Gasteiger partial charge on any atom is -0.348 e. The number of halogens is 2. The molecule has 10 nitrogen and oxygen atoms in total. The van der Waals surface area contributed by atoms with Crippen LogP contribution in [0.15, 0.2) is 42.5 Å². The maximum atomic E-state index is 13.4. The number of anilines is 1. The van der Waals surface area contributed by atoms with E-state index in [-0.39, 0.29) is 29.8 Å². The number of aldehydes is 2. The monoisotopic (exact) mass is 488 g/mol. The van der Waals surface area contributed by atoms with Crippen LogP contribution in [0, 0.1) is 11.6 Å². The molecule has 1 unspecified atom stereocenters. The van der Waals surface area contributed by atoms with Crippen molar-refractivity contribution in [2.24, 2.45) is 0 Å². The quantitative estimate of drug-likeness (QED) is 0.345. The van der Waals surface area contributed by atoms with Gasteiger partial charge in [-0.05, 0) is 36.2 Å². The second kappa shape index (κ2) is 13.3. The van der Waals surface area contributed by atoms with Crippen LogP contribution in [0.5, 0.6) is 0 Å². The van der Waals surface area contributed by atoms with Crippen LogP contribution in [0.1, 0.15) is 15.9 Å². The van der Waals surface area contributed by atoms with E-state index in [1.54, 1.807) is 6.07 Å². The highest BCUT2D eigenvalue weighted by molar-refractivity contribution is 6.04. The molecule has 0 fully saturated rings. The molecular weight excluding hydrogens is 466 g/mol. The van der Waals surface area contributed by atoms with E-state index in [2.05, 4.69) is 16.0 Å².